The fourth-order valence-electron chi connectivity index (χ4n) is 1.55. The molecule has 0 aliphatic carbocycles. The number of aromatic carboxylic acids is 1. The summed E-state index contributed by atoms with van der Waals surface area (Å²) in [6, 6.07) is 10.2. The highest BCUT2D eigenvalue weighted by molar-refractivity contribution is 7.99. The Morgan fingerprint density at radius 2 is 2.11 bits per heavy atom. The van der Waals surface area contributed by atoms with E-state index in [0.29, 0.717) is 9.90 Å². The van der Waals surface area contributed by atoms with Crippen LogP contribution in [-0.2, 0) is 6.42 Å². The summed E-state index contributed by atoms with van der Waals surface area (Å²) in [5.41, 5.74) is 1.26. The highest BCUT2D eigenvalue weighted by Crippen LogP contribution is 2.27. The summed E-state index contributed by atoms with van der Waals surface area (Å²) < 4.78 is 0. The molecule has 2 aromatic rings. The molecule has 3 nitrogen and oxygen atoms in total. The van der Waals surface area contributed by atoms with E-state index in [1.807, 2.05) is 25.1 Å². The normalized spacial score (nSPS) is 10.5. The van der Waals surface area contributed by atoms with E-state index in [1.54, 1.807) is 0 Å². The van der Waals surface area contributed by atoms with Crippen LogP contribution in [0.1, 0.15) is 20.2 Å². The summed E-state index contributed by atoms with van der Waals surface area (Å²) >= 11 is 2.75. The second kappa shape index (κ2) is 6.02. The van der Waals surface area contributed by atoms with Gasteiger partial charge in [0.1, 0.15) is 9.90 Å². The number of carboxylic acids is 1. The first-order valence-electron chi connectivity index (χ1n) is 5.54. The van der Waals surface area contributed by atoms with Crippen LogP contribution in [0.4, 0.5) is 0 Å². The average molecular weight is 279 g/mol. The van der Waals surface area contributed by atoms with Gasteiger partial charge >= 0.3 is 5.97 Å². The summed E-state index contributed by atoms with van der Waals surface area (Å²) in [6.45, 7) is 1.83. The van der Waals surface area contributed by atoms with Gasteiger partial charge in [0.25, 0.3) is 0 Å². The average Bonchev–Trinajstić information content (AvgIpc) is 2.72. The first-order valence-corrected chi connectivity index (χ1v) is 7.34. The molecule has 0 saturated heterocycles. The van der Waals surface area contributed by atoms with Gasteiger partial charge in [0.15, 0.2) is 0 Å². The van der Waals surface area contributed by atoms with Crippen LogP contribution in [0.25, 0.3) is 0 Å². The molecule has 1 aromatic carbocycles. The zero-order chi connectivity index (χ0) is 13.0. The minimum Gasteiger partial charge on any atom is -0.477 e. The molecule has 0 aliphatic heterocycles. The van der Waals surface area contributed by atoms with Gasteiger partial charge in [-0.3, -0.25) is 0 Å². The van der Waals surface area contributed by atoms with Crippen LogP contribution in [0, 0.1) is 6.92 Å². The van der Waals surface area contributed by atoms with Gasteiger partial charge in [-0.15, -0.1) is 23.1 Å². The van der Waals surface area contributed by atoms with Crippen LogP contribution >= 0.6 is 23.1 Å². The Labute approximate surface area is 114 Å². The number of nitrogens with zero attached hydrogens (tertiary/aromatic N) is 1. The summed E-state index contributed by atoms with van der Waals surface area (Å²) in [7, 11) is 0. The molecule has 0 aliphatic rings. The second-order valence-electron chi connectivity index (χ2n) is 3.76. The molecule has 0 fully saturated rings. The highest BCUT2D eigenvalue weighted by atomic mass is 32.2. The Morgan fingerprint density at radius 1 is 1.39 bits per heavy atom. The van der Waals surface area contributed by atoms with Crippen molar-refractivity contribution in [1.82, 2.24) is 4.98 Å². The molecule has 1 heterocycles. The highest BCUT2D eigenvalue weighted by Gasteiger charge is 2.15. The van der Waals surface area contributed by atoms with Crippen molar-refractivity contribution < 1.29 is 9.90 Å². The molecule has 5 heteroatoms. The van der Waals surface area contributed by atoms with Crippen molar-refractivity contribution in [3.63, 3.8) is 0 Å². The number of thioether (sulfide) groups is 1. The third-order valence-corrected chi connectivity index (χ3v) is 4.43. The Hall–Kier alpha value is -1.33. The van der Waals surface area contributed by atoms with Gasteiger partial charge in [-0.1, -0.05) is 30.3 Å². The van der Waals surface area contributed by atoms with Gasteiger partial charge in [-0.2, -0.15) is 0 Å². The lowest BCUT2D eigenvalue weighted by molar-refractivity contribution is 0.0698. The topological polar surface area (TPSA) is 50.2 Å². The van der Waals surface area contributed by atoms with Crippen molar-refractivity contribution in [3.05, 3.63) is 45.8 Å². The lowest BCUT2D eigenvalue weighted by Gasteiger charge is -2.00. The maximum atomic E-state index is 11.0. The summed E-state index contributed by atoms with van der Waals surface area (Å²) in [4.78, 5) is 15.6. The SMILES string of the molecule is Cc1nc(SCCc2ccccc2)c(C(=O)O)s1. The smallest absolute Gasteiger partial charge is 0.348 e. The van der Waals surface area contributed by atoms with Gasteiger partial charge in [-0.05, 0) is 18.9 Å². The molecular formula is C13H13NO2S2. The van der Waals surface area contributed by atoms with E-state index in [2.05, 4.69) is 17.1 Å². The minimum absolute atomic E-state index is 0.352. The van der Waals surface area contributed by atoms with Crippen molar-refractivity contribution in [2.24, 2.45) is 0 Å². The molecule has 0 spiro atoms. The number of rotatable bonds is 5. The van der Waals surface area contributed by atoms with E-state index < -0.39 is 5.97 Å². The molecule has 0 radical (unpaired) electrons. The van der Waals surface area contributed by atoms with Crippen LogP contribution in [0.5, 0.6) is 0 Å². The predicted molar refractivity (Wildman–Crippen MR) is 74.7 cm³/mol. The fraction of sp³-hybridized carbons (Fsp3) is 0.231. The lowest BCUT2D eigenvalue weighted by Crippen LogP contribution is -1.96. The maximum absolute atomic E-state index is 11.0. The standard InChI is InChI=1S/C13H13NO2S2/c1-9-14-12(11(18-9)13(15)16)17-8-7-10-5-3-2-4-6-10/h2-6H,7-8H2,1H3,(H,15,16). The Bertz CT molecular complexity index is 537. The van der Waals surface area contributed by atoms with Gasteiger partial charge in [0, 0.05) is 5.75 Å². The molecule has 0 unspecified atom stereocenters. The molecule has 18 heavy (non-hydrogen) atoms. The van der Waals surface area contributed by atoms with Crippen molar-refractivity contribution in [2.75, 3.05) is 5.75 Å². The van der Waals surface area contributed by atoms with E-state index in [0.717, 1.165) is 17.2 Å². The van der Waals surface area contributed by atoms with E-state index in [4.69, 9.17) is 5.11 Å². The lowest BCUT2D eigenvalue weighted by atomic mass is 10.2. The molecule has 1 N–H and O–H groups in total. The second-order valence-corrected chi connectivity index (χ2v) is 6.04. The van der Waals surface area contributed by atoms with E-state index >= 15 is 0 Å². The minimum atomic E-state index is -0.886. The van der Waals surface area contributed by atoms with Crippen molar-refractivity contribution >= 4 is 29.1 Å². The van der Waals surface area contributed by atoms with Gasteiger partial charge in [0.2, 0.25) is 0 Å². The first kappa shape index (κ1) is 13.1. The largest absolute Gasteiger partial charge is 0.477 e. The summed E-state index contributed by atoms with van der Waals surface area (Å²) in [5.74, 6) is -0.0455. The van der Waals surface area contributed by atoms with Crippen LogP contribution in [0.15, 0.2) is 35.4 Å². The molecule has 0 atom stereocenters. The number of hydrogen-bond donors (Lipinski definition) is 1. The van der Waals surface area contributed by atoms with Crippen molar-refractivity contribution in [1.29, 1.82) is 0 Å². The van der Waals surface area contributed by atoms with E-state index in [9.17, 15) is 4.79 Å². The third-order valence-electron chi connectivity index (χ3n) is 2.37. The van der Waals surface area contributed by atoms with E-state index in [1.165, 1.54) is 28.7 Å². The van der Waals surface area contributed by atoms with Crippen LogP contribution in [-0.4, -0.2) is 21.8 Å². The monoisotopic (exact) mass is 279 g/mol. The number of thiazole rings is 1. The van der Waals surface area contributed by atoms with Gasteiger partial charge < -0.3 is 5.11 Å². The number of carboxylic acid groups (broad SMARTS) is 1. The first-order chi connectivity index (χ1) is 8.66. The zero-order valence-electron chi connectivity index (χ0n) is 9.92. The quantitative estimate of drug-likeness (QED) is 0.851. The van der Waals surface area contributed by atoms with Crippen LogP contribution in [0.3, 0.4) is 0 Å². The molecule has 0 amide bonds. The zero-order valence-corrected chi connectivity index (χ0v) is 11.6. The van der Waals surface area contributed by atoms with Crippen molar-refractivity contribution in [3.8, 4) is 0 Å². The number of aromatic nitrogens is 1. The van der Waals surface area contributed by atoms with Crippen LogP contribution < -0.4 is 0 Å². The number of benzene rings is 1. The third kappa shape index (κ3) is 3.34. The molecule has 2 rings (SSSR count). The predicted octanol–water partition coefficient (Wildman–Crippen LogP) is 3.48. The summed E-state index contributed by atoms with van der Waals surface area (Å²) in [5, 5.41) is 10.5. The number of hydrogen-bond acceptors (Lipinski definition) is 4. The fourth-order valence-corrected chi connectivity index (χ4v) is 3.51. The van der Waals surface area contributed by atoms with Crippen LogP contribution in [0.2, 0.25) is 0 Å². The molecule has 1 aromatic heterocycles. The Kier molecular flexibility index (Phi) is 4.38. The maximum Gasteiger partial charge on any atom is 0.348 e. The molecule has 94 valence electrons. The molecular weight excluding hydrogens is 266 g/mol. The number of aryl methyl sites for hydroxylation is 2. The van der Waals surface area contributed by atoms with Crippen molar-refractivity contribution in [2.45, 2.75) is 18.4 Å². The van der Waals surface area contributed by atoms with Gasteiger partial charge in [0.05, 0.1) is 5.01 Å². The Balaban J connectivity index is 1.96. The summed E-state index contributed by atoms with van der Waals surface area (Å²) in [6.07, 6.45) is 0.918. The molecule has 0 saturated carbocycles. The Morgan fingerprint density at radius 3 is 2.78 bits per heavy atom. The number of carbonyl (C=O) groups is 1. The molecule has 0 bridgehead atoms. The van der Waals surface area contributed by atoms with Gasteiger partial charge in [-0.25, -0.2) is 9.78 Å². The van der Waals surface area contributed by atoms with E-state index in [-0.39, 0.29) is 0 Å².